The van der Waals surface area contributed by atoms with Gasteiger partial charge in [-0.15, -0.1) is 11.3 Å². The molecule has 0 amide bonds. The second-order valence-corrected chi connectivity index (χ2v) is 6.52. The highest BCUT2D eigenvalue weighted by Crippen LogP contribution is 2.33. The van der Waals surface area contributed by atoms with Gasteiger partial charge in [0.15, 0.2) is 0 Å². The number of rotatable bonds is 2. The maximum atomic E-state index is 6.40. The topological polar surface area (TPSA) is 26.0 Å². The zero-order valence-corrected chi connectivity index (χ0v) is 13.1. The lowest BCUT2D eigenvalue weighted by molar-refractivity contribution is 0.881. The Hall–Kier alpha value is -0.870. The minimum Gasteiger partial charge on any atom is -0.320 e. The molecule has 1 nitrogen and oxygen atoms in total. The van der Waals surface area contributed by atoms with Gasteiger partial charge < -0.3 is 5.73 Å². The first-order valence-corrected chi connectivity index (χ1v) is 7.88. The van der Waals surface area contributed by atoms with Crippen molar-refractivity contribution in [2.45, 2.75) is 6.04 Å². The Morgan fingerprint density at radius 1 is 1.16 bits per heavy atom. The van der Waals surface area contributed by atoms with E-state index in [0.717, 1.165) is 15.6 Å². The van der Waals surface area contributed by atoms with Crippen LogP contribution in [0.25, 0.3) is 10.1 Å². The smallest absolute Gasteiger partial charge is 0.0566 e. The second-order valence-electron chi connectivity index (χ2n) is 4.34. The van der Waals surface area contributed by atoms with Crippen LogP contribution in [-0.4, -0.2) is 0 Å². The van der Waals surface area contributed by atoms with Gasteiger partial charge >= 0.3 is 0 Å². The van der Waals surface area contributed by atoms with Crippen molar-refractivity contribution >= 4 is 49.0 Å². The Bertz CT molecular complexity index is 738. The van der Waals surface area contributed by atoms with E-state index >= 15 is 0 Å². The van der Waals surface area contributed by atoms with E-state index in [-0.39, 0.29) is 6.04 Å². The molecule has 3 rings (SSSR count). The lowest BCUT2D eigenvalue weighted by Gasteiger charge is -2.14. The van der Waals surface area contributed by atoms with Crippen molar-refractivity contribution in [2.24, 2.45) is 5.73 Å². The minimum absolute atomic E-state index is 0.143. The fourth-order valence-electron chi connectivity index (χ4n) is 2.15. The molecular formula is C15H11BrClNS. The lowest BCUT2D eigenvalue weighted by Crippen LogP contribution is -2.11. The Morgan fingerprint density at radius 3 is 2.79 bits per heavy atom. The number of thiophene rings is 1. The summed E-state index contributed by atoms with van der Waals surface area (Å²) in [4.78, 5) is 0. The van der Waals surface area contributed by atoms with Crippen LogP contribution < -0.4 is 5.73 Å². The van der Waals surface area contributed by atoms with Crippen LogP contribution in [0, 0.1) is 0 Å². The highest BCUT2D eigenvalue weighted by molar-refractivity contribution is 9.10. The predicted molar refractivity (Wildman–Crippen MR) is 87.0 cm³/mol. The van der Waals surface area contributed by atoms with Crippen LogP contribution in [0.5, 0.6) is 0 Å². The van der Waals surface area contributed by atoms with Crippen LogP contribution in [0.15, 0.2) is 52.3 Å². The Morgan fingerprint density at radius 2 is 2.00 bits per heavy atom. The molecule has 0 aliphatic carbocycles. The third kappa shape index (κ3) is 2.43. The molecule has 0 radical (unpaired) electrons. The highest BCUT2D eigenvalue weighted by Gasteiger charge is 2.13. The van der Waals surface area contributed by atoms with Gasteiger partial charge in [-0.1, -0.05) is 35.9 Å². The van der Waals surface area contributed by atoms with E-state index in [9.17, 15) is 0 Å². The Balaban J connectivity index is 2.10. The molecule has 0 saturated heterocycles. The first-order chi connectivity index (χ1) is 9.16. The average molecular weight is 353 g/mol. The fraction of sp³-hybridized carbons (Fsp3) is 0.0667. The first-order valence-electron chi connectivity index (χ1n) is 5.83. The van der Waals surface area contributed by atoms with Gasteiger partial charge in [0.25, 0.3) is 0 Å². The van der Waals surface area contributed by atoms with Gasteiger partial charge in [-0.05, 0) is 56.0 Å². The van der Waals surface area contributed by atoms with Crippen molar-refractivity contribution in [3.05, 3.63) is 68.5 Å². The molecule has 0 spiro atoms. The van der Waals surface area contributed by atoms with Crippen LogP contribution in [-0.2, 0) is 0 Å². The van der Waals surface area contributed by atoms with Crippen LogP contribution in [0.3, 0.4) is 0 Å². The van der Waals surface area contributed by atoms with E-state index < -0.39 is 0 Å². The predicted octanol–water partition coefficient (Wildman–Crippen LogP) is 5.37. The van der Waals surface area contributed by atoms with Crippen molar-refractivity contribution in [2.75, 3.05) is 0 Å². The van der Waals surface area contributed by atoms with Crippen LogP contribution in [0.1, 0.15) is 17.2 Å². The van der Waals surface area contributed by atoms with Crippen molar-refractivity contribution in [1.82, 2.24) is 0 Å². The van der Waals surface area contributed by atoms with E-state index in [2.05, 4.69) is 45.6 Å². The van der Waals surface area contributed by atoms with Crippen molar-refractivity contribution in [1.29, 1.82) is 0 Å². The quantitative estimate of drug-likeness (QED) is 0.659. The molecule has 4 heteroatoms. The monoisotopic (exact) mass is 351 g/mol. The molecule has 96 valence electrons. The summed E-state index contributed by atoms with van der Waals surface area (Å²) in [7, 11) is 0. The van der Waals surface area contributed by atoms with Gasteiger partial charge in [0.05, 0.1) is 11.1 Å². The van der Waals surface area contributed by atoms with E-state index in [1.165, 1.54) is 10.1 Å². The molecule has 19 heavy (non-hydrogen) atoms. The minimum atomic E-state index is -0.143. The summed E-state index contributed by atoms with van der Waals surface area (Å²) in [6.45, 7) is 0. The van der Waals surface area contributed by atoms with Gasteiger partial charge in [-0.2, -0.15) is 0 Å². The summed E-state index contributed by atoms with van der Waals surface area (Å²) in [5, 5.41) is 4.04. The zero-order chi connectivity index (χ0) is 13.4. The van der Waals surface area contributed by atoms with Gasteiger partial charge in [-0.25, -0.2) is 0 Å². The molecule has 0 bridgehead atoms. The summed E-state index contributed by atoms with van der Waals surface area (Å²) in [5.74, 6) is 0. The molecule has 0 saturated carbocycles. The van der Waals surface area contributed by atoms with Gasteiger partial charge in [0.1, 0.15) is 0 Å². The second kappa shape index (κ2) is 5.25. The number of halogens is 2. The maximum Gasteiger partial charge on any atom is 0.0566 e. The summed E-state index contributed by atoms with van der Waals surface area (Å²) in [5.41, 5.74) is 8.61. The number of hydrogen-bond acceptors (Lipinski definition) is 2. The van der Waals surface area contributed by atoms with E-state index in [1.807, 2.05) is 18.2 Å². The highest BCUT2D eigenvalue weighted by atomic mass is 79.9. The molecule has 1 aromatic heterocycles. The normalized spacial score (nSPS) is 12.8. The standard InChI is InChI=1S/C15H11BrClNS/c16-12-8-10(4-5-13(12)17)14(18)11-3-1-2-9-6-7-19-15(9)11/h1-8,14H,18H2. The van der Waals surface area contributed by atoms with Crippen molar-refractivity contribution in [3.8, 4) is 0 Å². The number of nitrogens with two attached hydrogens (primary N) is 1. The van der Waals surface area contributed by atoms with E-state index in [0.29, 0.717) is 5.02 Å². The van der Waals surface area contributed by atoms with Gasteiger partial charge in [-0.3, -0.25) is 0 Å². The molecule has 0 fully saturated rings. The molecule has 2 N–H and O–H groups in total. The fourth-order valence-corrected chi connectivity index (χ4v) is 3.61. The summed E-state index contributed by atoms with van der Waals surface area (Å²) >= 11 is 11.2. The number of fused-ring (bicyclic) bond motifs is 1. The van der Waals surface area contributed by atoms with Crippen LogP contribution in [0.4, 0.5) is 0 Å². The third-order valence-corrected chi connectivity index (χ3v) is 5.34. The first kappa shape index (κ1) is 13.1. The van der Waals surface area contributed by atoms with E-state index in [4.69, 9.17) is 17.3 Å². The molecule has 1 heterocycles. The molecule has 2 aromatic carbocycles. The Kier molecular flexibility index (Phi) is 3.63. The van der Waals surface area contributed by atoms with E-state index in [1.54, 1.807) is 11.3 Å². The molecule has 1 atom stereocenters. The van der Waals surface area contributed by atoms with Crippen molar-refractivity contribution in [3.63, 3.8) is 0 Å². The van der Waals surface area contributed by atoms with Gasteiger partial charge in [0.2, 0.25) is 0 Å². The number of hydrogen-bond donors (Lipinski definition) is 1. The molecule has 0 aliphatic heterocycles. The zero-order valence-electron chi connectivity index (χ0n) is 9.94. The summed E-state index contributed by atoms with van der Waals surface area (Å²) in [6.07, 6.45) is 0. The van der Waals surface area contributed by atoms with Gasteiger partial charge in [0, 0.05) is 9.17 Å². The average Bonchev–Trinajstić information content (AvgIpc) is 2.89. The van der Waals surface area contributed by atoms with Crippen LogP contribution >= 0.6 is 38.9 Å². The molecule has 1 unspecified atom stereocenters. The SMILES string of the molecule is NC(c1ccc(Cl)c(Br)c1)c1cccc2ccsc12. The summed E-state index contributed by atoms with van der Waals surface area (Å²) in [6, 6.07) is 14.1. The molecule has 3 aromatic rings. The lowest BCUT2D eigenvalue weighted by atomic mass is 9.99. The molecular weight excluding hydrogens is 342 g/mol. The van der Waals surface area contributed by atoms with Crippen molar-refractivity contribution < 1.29 is 0 Å². The maximum absolute atomic E-state index is 6.40. The largest absolute Gasteiger partial charge is 0.320 e. The van der Waals surface area contributed by atoms with Crippen LogP contribution in [0.2, 0.25) is 5.02 Å². The Labute approximate surface area is 129 Å². The third-order valence-electron chi connectivity index (χ3n) is 3.15. The summed E-state index contributed by atoms with van der Waals surface area (Å²) < 4.78 is 2.13. The molecule has 0 aliphatic rings. The number of benzene rings is 2.